The second-order valence-electron chi connectivity index (χ2n) is 5.48. The Morgan fingerprint density at radius 3 is 2.58 bits per heavy atom. The first-order valence-corrected chi connectivity index (χ1v) is 8.44. The molecule has 0 saturated carbocycles. The van der Waals surface area contributed by atoms with Crippen LogP contribution in [0.2, 0.25) is 5.02 Å². The van der Waals surface area contributed by atoms with Crippen LogP contribution < -0.4 is 16.4 Å². The number of urea groups is 1. The zero-order valence-electron chi connectivity index (χ0n) is 14.4. The van der Waals surface area contributed by atoms with Crippen LogP contribution in [0.4, 0.5) is 10.5 Å². The number of hydrogen-bond acceptors (Lipinski definition) is 6. The molecule has 1 heterocycles. The third-order valence-corrected chi connectivity index (χ3v) is 4.07. The number of nitrogen functional groups attached to an aromatic ring is 1. The maximum absolute atomic E-state index is 12.2. The lowest BCUT2D eigenvalue weighted by Gasteiger charge is -2.28. The Hall–Kier alpha value is -2.74. The normalized spacial score (nSPS) is 16.6. The van der Waals surface area contributed by atoms with Crippen molar-refractivity contribution in [3.63, 3.8) is 0 Å². The molecule has 1 aromatic rings. The van der Waals surface area contributed by atoms with E-state index in [2.05, 4.69) is 10.6 Å². The molecule has 9 heteroatoms. The number of rotatable bonds is 6. The molecule has 1 atom stereocenters. The van der Waals surface area contributed by atoms with Crippen molar-refractivity contribution in [2.75, 3.05) is 18.9 Å². The van der Waals surface area contributed by atoms with Crippen molar-refractivity contribution in [1.82, 2.24) is 10.6 Å². The van der Waals surface area contributed by atoms with Gasteiger partial charge in [-0.15, -0.1) is 0 Å². The summed E-state index contributed by atoms with van der Waals surface area (Å²) in [6, 6.07) is 3.34. The van der Waals surface area contributed by atoms with Gasteiger partial charge in [0, 0.05) is 0 Å². The van der Waals surface area contributed by atoms with Crippen molar-refractivity contribution in [2.45, 2.75) is 26.3 Å². The molecule has 2 amide bonds. The Morgan fingerprint density at radius 1 is 1.23 bits per heavy atom. The molecule has 4 N–H and O–H groups in total. The predicted octanol–water partition coefficient (Wildman–Crippen LogP) is 1.99. The topological polar surface area (TPSA) is 120 Å². The smallest absolute Gasteiger partial charge is 0.338 e. The Balaban J connectivity index is 2.21. The molecule has 0 aromatic heterocycles. The van der Waals surface area contributed by atoms with Crippen LogP contribution in [0, 0.1) is 0 Å². The third kappa shape index (κ3) is 4.45. The number of esters is 2. The number of hydrogen-bond donors (Lipinski definition) is 3. The van der Waals surface area contributed by atoms with Gasteiger partial charge in [0.15, 0.2) is 0 Å². The summed E-state index contributed by atoms with van der Waals surface area (Å²) >= 11 is 5.83. The van der Waals surface area contributed by atoms with Gasteiger partial charge in [0.2, 0.25) is 0 Å². The molecule has 26 heavy (non-hydrogen) atoms. The zero-order chi connectivity index (χ0) is 19.3. The molecule has 2 rings (SSSR count). The first-order valence-electron chi connectivity index (χ1n) is 8.07. The van der Waals surface area contributed by atoms with Crippen molar-refractivity contribution < 1.29 is 23.9 Å². The molecular formula is C17H20ClN3O5. The lowest BCUT2D eigenvalue weighted by Crippen LogP contribution is -2.51. The first-order chi connectivity index (χ1) is 12.4. The minimum atomic E-state index is -0.662. The Morgan fingerprint density at radius 2 is 1.96 bits per heavy atom. The molecule has 8 nitrogen and oxygen atoms in total. The summed E-state index contributed by atoms with van der Waals surface area (Å²) in [7, 11) is 0. The predicted molar refractivity (Wildman–Crippen MR) is 95.6 cm³/mol. The van der Waals surface area contributed by atoms with Crippen molar-refractivity contribution in [3.05, 3.63) is 40.1 Å². The fourth-order valence-corrected chi connectivity index (χ4v) is 2.58. The summed E-state index contributed by atoms with van der Waals surface area (Å²) in [5.74, 6) is -1.24. The van der Waals surface area contributed by atoms with Crippen LogP contribution in [0.25, 0.3) is 0 Å². The number of anilines is 1. The van der Waals surface area contributed by atoms with E-state index in [0.29, 0.717) is 11.4 Å². The summed E-state index contributed by atoms with van der Waals surface area (Å²) in [4.78, 5) is 36.2. The lowest BCUT2D eigenvalue weighted by molar-refractivity contribution is -0.139. The molecule has 1 aromatic carbocycles. The molecule has 1 aliphatic heterocycles. The number of carbonyl (C=O) groups excluding carboxylic acids is 3. The SMILES string of the molecule is CCOC(=O)C1=C(COC(=O)c2ccc(Cl)c(N)c2)NC(=O)N[C@@H]1CC. The maximum atomic E-state index is 12.2. The zero-order valence-corrected chi connectivity index (χ0v) is 15.2. The van der Waals surface area contributed by atoms with Crippen LogP contribution in [-0.4, -0.2) is 37.2 Å². The molecule has 140 valence electrons. The van der Waals surface area contributed by atoms with Crippen LogP contribution >= 0.6 is 11.6 Å². The fourth-order valence-electron chi connectivity index (χ4n) is 2.47. The van der Waals surface area contributed by atoms with Gasteiger partial charge in [-0.2, -0.15) is 0 Å². The van der Waals surface area contributed by atoms with Crippen molar-refractivity contribution >= 4 is 35.3 Å². The Labute approximate surface area is 155 Å². The number of halogens is 1. The van der Waals surface area contributed by atoms with Gasteiger partial charge in [-0.25, -0.2) is 14.4 Å². The molecule has 0 unspecified atom stereocenters. The van der Waals surface area contributed by atoms with E-state index < -0.39 is 24.0 Å². The highest BCUT2D eigenvalue weighted by atomic mass is 35.5. The monoisotopic (exact) mass is 381 g/mol. The van der Waals surface area contributed by atoms with Gasteiger partial charge in [-0.05, 0) is 31.5 Å². The van der Waals surface area contributed by atoms with Gasteiger partial charge >= 0.3 is 18.0 Å². The number of nitrogens with one attached hydrogen (secondary N) is 2. The van der Waals surface area contributed by atoms with E-state index in [1.54, 1.807) is 6.92 Å². The molecule has 0 radical (unpaired) electrons. The van der Waals surface area contributed by atoms with Crippen LogP contribution in [0.15, 0.2) is 29.5 Å². The van der Waals surface area contributed by atoms with E-state index in [9.17, 15) is 14.4 Å². The summed E-state index contributed by atoms with van der Waals surface area (Å²) in [6.45, 7) is 3.39. The van der Waals surface area contributed by atoms with E-state index in [1.165, 1.54) is 18.2 Å². The van der Waals surface area contributed by atoms with Crippen molar-refractivity contribution in [1.29, 1.82) is 0 Å². The third-order valence-electron chi connectivity index (χ3n) is 3.73. The Bertz CT molecular complexity index is 763. The van der Waals surface area contributed by atoms with E-state index >= 15 is 0 Å². The lowest BCUT2D eigenvalue weighted by atomic mass is 10.0. The standard InChI is InChI=1S/C17H20ClN3O5/c1-3-12-14(16(23)25-4-2)13(21-17(24)20-12)8-26-15(22)9-5-6-10(18)11(19)7-9/h5-7,12H,3-4,8,19H2,1-2H3,(H2,20,21,24)/t12-/m1/s1. The summed E-state index contributed by atoms with van der Waals surface area (Å²) < 4.78 is 10.3. The maximum Gasteiger partial charge on any atom is 0.338 e. The summed E-state index contributed by atoms with van der Waals surface area (Å²) in [6.07, 6.45) is 0.479. The number of carbonyl (C=O) groups is 3. The molecule has 1 aliphatic rings. The van der Waals surface area contributed by atoms with Gasteiger partial charge in [-0.3, -0.25) is 0 Å². The van der Waals surface area contributed by atoms with Crippen molar-refractivity contribution in [3.8, 4) is 0 Å². The summed E-state index contributed by atoms with van der Waals surface area (Å²) in [5, 5.41) is 5.47. The quantitative estimate of drug-likeness (QED) is 0.512. The summed E-state index contributed by atoms with van der Waals surface area (Å²) in [5.41, 5.74) is 6.54. The van der Waals surface area contributed by atoms with Gasteiger partial charge in [0.1, 0.15) is 6.61 Å². The average molecular weight is 382 g/mol. The van der Waals surface area contributed by atoms with Gasteiger partial charge < -0.3 is 25.8 Å². The van der Waals surface area contributed by atoms with E-state index in [-0.39, 0.29) is 35.7 Å². The number of nitrogens with two attached hydrogens (primary N) is 1. The highest BCUT2D eigenvalue weighted by Crippen LogP contribution is 2.21. The van der Waals surface area contributed by atoms with Crippen LogP contribution in [-0.2, 0) is 14.3 Å². The molecule has 0 bridgehead atoms. The number of ether oxygens (including phenoxy) is 2. The van der Waals surface area contributed by atoms with E-state index in [1.807, 2.05) is 6.92 Å². The van der Waals surface area contributed by atoms with Crippen LogP contribution in [0.5, 0.6) is 0 Å². The number of amides is 2. The van der Waals surface area contributed by atoms with E-state index in [0.717, 1.165) is 0 Å². The molecular weight excluding hydrogens is 362 g/mol. The van der Waals surface area contributed by atoms with Crippen LogP contribution in [0.1, 0.15) is 30.6 Å². The fraction of sp³-hybridized carbons (Fsp3) is 0.353. The second-order valence-corrected chi connectivity index (χ2v) is 5.89. The highest BCUT2D eigenvalue weighted by molar-refractivity contribution is 6.33. The van der Waals surface area contributed by atoms with Crippen LogP contribution in [0.3, 0.4) is 0 Å². The number of benzene rings is 1. The Kier molecular flexibility index (Phi) is 6.46. The molecule has 0 fully saturated rings. The first kappa shape index (κ1) is 19.6. The van der Waals surface area contributed by atoms with Gasteiger partial charge in [0.25, 0.3) is 0 Å². The van der Waals surface area contributed by atoms with Gasteiger partial charge in [-0.1, -0.05) is 18.5 Å². The van der Waals surface area contributed by atoms with E-state index in [4.69, 9.17) is 26.8 Å². The molecule has 0 aliphatic carbocycles. The molecule has 0 saturated heterocycles. The minimum absolute atomic E-state index is 0.184. The van der Waals surface area contributed by atoms with Gasteiger partial charge in [0.05, 0.1) is 40.2 Å². The average Bonchev–Trinajstić information content (AvgIpc) is 2.61. The second kappa shape index (κ2) is 8.57. The highest BCUT2D eigenvalue weighted by Gasteiger charge is 2.32. The molecule has 0 spiro atoms. The minimum Gasteiger partial charge on any atom is -0.463 e. The largest absolute Gasteiger partial charge is 0.463 e. The van der Waals surface area contributed by atoms with Crippen molar-refractivity contribution in [2.24, 2.45) is 0 Å².